The molecule has 22 heteroatoms. The van der Waals surface area contributed by atoms with Crippen LogP contribution in [-0.2, 0) is 20.2 Å². The van der Waals surface area contributed by atoms with Gasteiger partial charge in [-0.2, -0.15) is 31.8 Å². The van der Waals surface area contributed by atoms with Gasteiger partial charge >= 0.3 is 0 Å². The van der Waals surface area contributed by atoms with E-state index in [0.717, 1.165) is 6.42 Å². The van der Waals surface area contributed by atoms with Crippen molar-refractivity contribution in [2.24, 2.45) is 20.5 Å². The molecule has 0 amide bonds. The van der Waals surface area contributed by atoms with Gasteiger partial charge in [-0.05, 0) is 69.2 Å². The van der Waals surface area contributed by atoms with Gasteiger partial charge in [0.1, 0.15) is 44.0 Å². The first kappa shape index (κ1) is 50.9. The quantitative estimate of drug-likeness (QED) is 0.0297. The molecule has 0 spiro atoms. The zero-order chi connectivity index (χ0) is 50.2. The van der Waals surface area contributed by atoms with Gasteiger partial charge in [0, 0.05) is 54.8 Å². The fraction of sp³-hybridized carbons (Fsp3) is 0.271. The van der Waals surface area contributed by atoms with Crippen LogP contribution in [0.3, 0.4) is 0 Å². The minimum Gasteiger partial charge on any atom is -0.494 e. The lowest BCUT2D eigenvalue weighted by Crippen LogP contribution is -2.22. The normalized spacial score (nSPS) is 12.0. The Morgan fingerprint density at radius 1 is 0.571 bits per heavy atom. The van der Waals surface area contributed by atoms with Gasteiger partial charge in [0.15, 0.2) is 5.16 Å². The number of benzene rings is 6. The van der Waals surface area contributed by atoms with Crippen molar-refractivity contribution in [2.45, 2.75) is 56.0 Å². The fourth-order valence-electron chi connectivity index (χ4n) is 7.70. The maximum atomic E-state index is 12.6. The van der Waals surface area contributed by atoms with E-state index in [0.29, 0.717) is 92.9 Å². The lowest BCUT2D eigenvalue weighted by molar-refractivity contribution is 0.414. The zero-order valence-electron chi connectivity index (χ0n) is 39.6. The van der Waals surface area contributed by atoms with Crippen LogP contribution in [0.15, 0.2) is 132 Å². The SMILES string of the molecule is CCCSc1nc(Nc2cc(N(CC)CC)c(OC)cc2N=Nc2c(S(=O)(=O)O)ccc3ccccc23)nc(Nc2cc(N(CC)CC)c(OC)cc2N=Nc2c(S(=O)(=O)O)ccc3ccccc23)n1. The summed E-state index contributed by atoms with van der Waals surface area (Å²) in [4.78, 5) is 17.7. The molecule has 0 bridgehead atoms. The van der Waals surface area contributed by atoms with Crippen molar-refractivity contribution in [2.75, 3.05) is 66.6 Å². The minimum absolute atomic E-state index is 0.0607. The predicted molar refractivity (Wildman–Crippen MR) is 276 cm³/mol. The summed E-state index contributed by atoms with van der Waals surface area (Å²) >= 11 is 1.40. The van der Waals surface area contributed by atoms with Crippen LogP contribution in [0, 0.1) is 0 Å². The largest absolute Gasteiger partial charge is 0.494 e. The summed E-state index contributed by atoms with van der Waals surface area (Å²) in [6.45, 7) is 12.6. The highest BCUT2D eigenvalue weighted by atomic mass is 32.2. The maximum Gasteiger partial charge on any atom is 0.296 e. The first-order valence-electron chi connectivity index (χ1n) is 22.3. The van der Waals surface area contributed by atoms with Crippen LogP contribution in [0.2, 0.25) is 0 Å². The van der Waals surface area contributed by atoms with E-state index in [9.17, 15) is 25.9 Å². The van der Waals surface area contributed by atoms with Crippen molar-refractivity contribution >= 4 is 111 Å². The van der Waals surface area contributed by atoms with Gasteiger partial charge in [-0.25, -0.2) is 0 Å². The van der Waals surface area contributed by atoms with Crippen LogP contribution in [0.4, 0.5) is 57.4 Å². The Morgan fingerprint density at radius 3 is 1.36 bits per heavy atom. The van der Waals surface area contributed by atoms with E-state index in [1.165, 1.54) is 38.1 Å². The molecule has 0 saturated carbocycles. The van der Waals surface area contributed by atoms with Gasteiger partial charge in [0.25, 0.3) is 20.2 Å². The van der Waals surface area contributed by atoms with Gasteiger partial charge in [-0.15, -0.1) is 20.5 Å². The number of fused-ring (bicyclic) bond motifs is 2. The molecule has 366 valence electrons. The van der Waals surface area contributed by atoms with Gasteiger partial charge < -0.3 is 29.9 Å². The molecule has 0 aliphatic heterocycles. The smallest absolute Gasteiger partial charge is 0.296 e. The third-order valence-electron chi connectivity index (χ3n) is 11.1. The van der Waals surface area contributed by atoms with Crippen molar-refractivity contribution in [3.8, 4) is 11.5 Å². The summed E-state index contributed by atoms with van der Waals surface area (Å²) in [6.07, 6.45) is 0.813. The van der Waals surface area contributed by atoms with E-state index in [-0.39, 0.29) is 34.6 Å². The van der Waals surface area contributed by atoms with Gasteiger partial charge in [0.05, 0.1) is 37.0 Å². The van der Waals surface area contributed by atoms with Gasteiger partial charge in [-0.1, -0.05) is 79.3 Å². The standard InChI is InChI=1S/C48H53N11O8S3/c1-8-25-68-48-52-46(49-34-26-38(58(9-2)10-3)40(66-6)28-36(34)54-56-44-32-19-15-13-17-30(32)21-23-42(44)69(60,61)62)51-47(53-48)50-35-27-39(59(11-4)12-5)41(67-7)29-37(35)55-57-45-33-20-16-14-18-31(33)22-24-43(45)70(63,64)65/h13-24,26-29H,8-12,25H2,1-7H3,(H,60,61,62)(H,63,64,65)(H2,49,50,51,52,53). The van der Waals surface area contributed by atoms with Crippen molar-refractivity contribution in [3.05, 3.63) is 97.1 Å². The topological polar surface area (TPSA) is 246 Å². The number of hydrogen-bond donors (Lipinski definition) is 4. The minimum atomic E-state index is -4.71. The number of anilines is 6. The molecule has 0 radical (unpaired) electrons. The molecule has 0 saturated heterocycles. The molecule has 0 fully saturated rings. The van der Waals surface area contributed by atoms with Crippen LogP contribution in [0.1, 0.15) is 41.0 Å². The van der Waals surface area contributed by atoms with Crippen LogP contribution in [0.25, 0.3) is 21.5 Å². The van der Waals surface area contributed by atoms with Crippen molar-refractivity contribution < 1.29 is 35.4 Å². The molecule has 7 rings (SSSR count). The number of ether oxygens (including phenoxy) is 2. The number of rotatable bonds is 21. The molecule has 0 unspecified atom stereocenters. The molecule has 70 heavy (non-hydrogen) atoms. The highest BCUT2D eigenvalue weighted by Crippen LogP contribution is 2.44. The number of methoxy groups -OCH3 is 2. The average Bonchev–Trinajstić information content (AvgIpc) is 3.34. The number of nitrogens with one attached hydrogen (secondary N) is 2. The maximum absolute atomic E-state index is 12.6. The number of nitrogens with zero attached hydrogens (tertiary/aromatic N) is 9. The summed E-state index contributed by atoms with van der Waals surface area (Å²) < 4.78 is 82.8. The molecule has 4 N–H and O–H groups in total. The molecular formula is C48H53N11O8S3. The van der Waals surface area contributed by atoms with Crippen molar-refractivity contribution in [1.29, 1.82) is 0 Å². The molecule has 1 heterocycles. The van der Waals surface area contributed by atoms with E-state index in [2.05, 4.69) is 40.9 Å². The van der Waals surface area contributed by atoms with E-state index in [1.54, 1.807) is 72.8 Å². The van der Waals surface area contributed by atoms with Crippen molar-refractivity contribution in [3.63, 3.8) is 0 Å². The van der Waals surface area contributed by atoms with Crippen LogP contribution < -0.4 is 29.9 Å². The van der Waals surface area contributed by atoms with E-state index in [4.69, 9.17) is 24.4 Å². The zero-order valence-corrected chi connectivity index (χ0v) is 42.0. The first-order valence-corrected chi connectivity index (χ1v) is 26.2. The second-order valence-corrected chi connectivity index (χ2v) is 19.2. The highest BCUT2D eigenvalue weighted by Gasteiger charge is 2.23. The lowest BCUT2D eigenvalue weighted by atomic mass is 10.1. The van der Waals surface area contributed by atoms with Crippen LogP contribution >= 0.6 is 11.8 Å². The molecule has 0 atom stereocenters. The lowest BCUT2D eigenvalue weighted by Gasteiger charge is -2.25. The summed E-state index contributed by atoms with van der Waals surface area (Å²) in [5, 5.41) is 27.3. The highest BCUT2D eigenvalue weighted by molar-refractivity contribution is 7.99. The second-order valence-electron chi connectivity index (χ2n) is 15.4. The Hall–Kier alpha value is -6.98. The van der Waals surface area contributed by atoms with Gasteiger partial charge in [0.2, 0.25) is 11.9 Å². The van der Waals surface area contributed by atoms with Crippen LogP contribution in [0.5, 0.6) is 11.5 Å². The molecular weight excluding hydrogens is 955 g/mol. The van der Waals surface area contributed by atoms with E-state index < -0.39 is 30.0 Å². The van der Waals surface area contributed by atoms with E-state index >= 15 is 0 Å². The third kappa shape index (κ3) is 11.4. The molecule has 6 aromatic carbocycles. The first-order chi connectivity index (χ1) is 33.6. The Morgan fingerprint density at radius 2 is 0.986 bits per heavy atom. The fourth-order valence-corrected chi connectivity index (χ4v) is 9.66. The number of hydrogen-bond acceptors (Lipinski definition) is 18. The Bertz CT molecular complexity index is 3120. The molecule has 0 aliphatic rings. The summed E-state index contributed by atoms with van der Waals surface area (Å²) in [6, 6.07) is 26.7. The molecule has 0 aliphatic carbocycles. The predicted octanol–water partition coefficient (Wildman–Crippen LogP) is 12.2. The van der Waals surface area contributed by atoms with Crippen LogP contribution in [-0.4, -0.2) is 87.0 Å². The van der Waals surface area contributed by atoms with E-state index in [1.807, 2.05) is 46.8 Å². The molecule has 7 aromatic rings. The molecule has 19 nitrogen and oxygen atoms in total. The number of azo groups is 2. The molecule has 1 aromatic heterocycles. The Labute approximate surface area is 411 Å². The third-order valence-corrected chi connectivity index (χ3v) is 14.0. The van der Waals surface area contributed by atoms with Gasteiger partial charge in [-0.3, -0.25) is 9.11 Å². The average molecular weight is 1010 g/mol. The Kier molecular flexibility index (Phi) is 16.1. The summed E-state index contributed by atoms with van der Waals surface area (Å²) in [7, 11) is -6.36. The van der Waals surface area contributed by atoms with Crippen molar-refractivity contribution in [1.82, 2.24) is 15.0 Å². The summed E-state index contributed by atoms with van der Waals surface area (Å²) in [5.74, 6) is 1.80. The number of aromatic nitrogens is 3. The monoisotopic (exact) mass is 1010 g/mol. The summed E-state index contributed by atoms with van der Waals surface area (Å²) in [5.41, 5.74) is 2.49. The Balaban J connectivity index is 1.39. The second kappa shape index (κ2) is 22.2. The number of thioether (sulfide) groups is 1.